The minimum Gasteiger partial charge on any atom is -0.306 e. The lowest BCUT2D eigenvalue weighted by Gasteiger charge is -2.34. The van der Waals surface area contributed by atoms with Gasteiger partial charge in [0.2, 0.25) is 0 Å². The number of rotatable bonds is 4. The zero-order chi connectivity index (χ0) is 14.6. The predicted octanol–water partition coefficient (Wildman–Crippen LogP) is 2.76. The average molecular weight is 287 g/mol. The van der Waals surface area contributed by atoms with Gasteiger partial charge >= 0.3 is 6.18 Å². The lowest BCUT2D eigenvalue weighted by molar-refractivity contribution is -0.148. The van der Waals surface area contributed by atoms with E-state index < -0.39 is 12.7 Å². The first kappa shape index (κ1) is 15.3. The molecule has 0 saturated carbocycles. The highest BCUT2D eigenvalue weighted by atomic mass is 19.4. The fraction of sp³-hybridized carbons (Fsp3) is 0.643. The zero-order valence-corrected chi connectivity index (χ0v) is 11.5. The quantitative estimate of drug-likeness (QED) is 0.923. The lowest BCUT2D eigenvalue weighted by Crippen LogP contribution is -2.46. The van der Waals surface area contributed by atoms with Gasteiger partial charge in [-0.3, -0.25) is 9.88 Å². The summed E-state index contributed by atoms with van der Waals surface area (Å²) < 4.78 is 36.9. The number of piperidine rings is 1. The smallest absolute Gasteiger partial charge is 0.306 e. The second-order valence-corrected chi connectivity index (χ2v) is 5.31. The summed E-state index contributed by atoms with van der Waals surface area (Å²) in [6, 6.07) is 6.14. The third kappa shape index (κ3) is 4.76. The van der Waals surface area contributed by atoms with Crippen molar-refractivity contribution in [3.05, 3.63) is 30.1 Å². The average Bonchev–Trinajstić information content (AvgIpc) is 2.40. The first-order valence-corrected chi connectivity index (χ1v) is 6.90. The van der Waals surface area contributed by atoms with E-state index in [0.29, 0.717) is 13.1 Å². The minimum absolute atomic E-state index is 0.121. The van der Waals surface area contributed by atoms with Crippen LogP contribution in [0.4, 0.5) is 13.2 Å². The van der Waals surface area contributed by atoms with Crippen molar-refractivity contribution in [3.8, 4) is 0 Å². The SMILES string of the molecule is C[C@H](NC1CCN(CC(F)(F)F)CC1)c1ccccn1. The van der Waals surface area contributed by atoms with Gasteiger partial charge in [0.15, 0.2) is 0 Å². The number of nitrogens with one attached hydrogen (secondary N) is 1. The molecule has 1 atom stereocenters. The van der Waals surface area contributed by atoms with Crippen LogP contribution in [-0.4, -0.2) is 41.7 Å². The largest absolute Gasteiger partial charge is 0.401 e. The van der Waals surface area contributed by atoms with Gasteiger partial charge in [0, 0.05) is 18.3 Å². The molecule has 1 aromatic rings. The Morgan fingerprint density at radius 2 is 2.05 bits per heavy atom. The number of nitrogens with zero attached hydrogens (tertiary/aromatic N) is 2. The van der Waals surface area contributed by atoms with E-state index in [4.69, 9.17) is 0 Å². The Balaban J connectivity index is 1.77. The normalized spacial score (nSPS) is 20.0. The molecule has 1 saturated heterocycles. The van der Waals surface area contributed by atoms with E-state index in [9.17, 15) is 13.2 Å². The highest BCUT2D eigenvalue weighted by Gasteiger charge is 2.32. The molecule has 2 rings (SSSR count). The minimum atomic E-state index is -4.10. The van der Waals surface area contributed by atoms with E-state index in [1.165, 1.54) is 4.90 Å². The molecule has 2 heterocycles. The van der Waals surface area contributed by atoms with Crippen LogP contribution in [0, 0.1) is 0 Å². The second-order valence-electron chi connectivity index (χ2n) is 5.31. The summed E-state index contributed by atoms with van der Waals surface area (Å²) in [4.78, 5) is 5.76. The van der Waals surface area contributed by atoms with Gasteiger partial charge in [-0.1, -0.05) is 6.07 Å². The molecular weight excluding hydrogens is 267 g/mol. The Hall–Kier alpha value is -1.14. The Bertz CT molecular complexity index is 400. The highest BCUT2D eigenvalue weighted by molar-refractivity contribution is 5.08. The highest BCUT2D eigenvalue weighted by Crippen LogP contribution is 2.21. The van der Waals surface area contributed by atoms with Crippen LogP contribution < -0.4 is 5.32 Å². The van der Waals surface area contributed by atoms with Crippen molar-refractivity contribution >= 4 is 0 Å². The molecule has 6 heteroatoms. The second kappa shape index (κ2) is 6.54. The molecule has 3 nitrogen and oxygen atoms in total. The molecule has 112 valence electrons. The maximum Gasteiger partial charge on any atom is 0.401 e. The van der Waals surface area contributed by atoms with Gasteiger partial charge in [-0.2, -0.15) is 13.2 Å². The van der Waals surface area contributed by atoms with E-state index in [1.807, 2.05) is 25.1 Å². The van der Waals surface area contributed by atoms with Crippen LogP contribution >= 0.6 is 0 Å². The molecule has 0 radical (unpaired) electrons. The molecule has 0 aromatic carbocycles. The van der Waals surface area contributed by atoms with Crippen LogP contribution in [0.15, 0.2) is 24.4 Å². The first-order chi connectivity index (χ1) is 9.44. The van der Waals surface area contributed by atoms with E-state index in [2.05, 4.69) is 10.3 Å². The topological polar surface area (TPSA) is 28.2 Å². The molecule has 1 fully saturated rings. The van der Waals surface area contributed by atoms with Gasteiger partial charge < -0.3 is 5.32 Å². The number of pyridine rings is 1. The number of halogens is 3. The van der Waals surface area contributed by atoms with Crippen molar-refractivity contribution in [2.45, 2.75) is 38.0 Å². The van der Waals surface area contributed by atoms with Gasteiger partial charge in [0.05, 0.1) is 12.2 Å². The van der Waals surface area contributed by atoms with Gasteiger partial charge in [0.25, 0.3) is 0 Å². The maximum absolute atomic E-state index is 12.3. The molecule has 0 spiro atoms. The molecule has 20 heavy (non-hydrogen) atoms. The monoisotopic (exact) mass is 287 g/mol. The summed E-state index contributed by atoms with van der Waals surface area (Å²) in [7, 11) is 0. The molecule has 1 aliphatic rings. The summed E-state index contributed by atoms with van der Waals surface area (Å²) in [6.07, 6.45) is -0.860. The van der Waals surface area contributed by atoms with Crippen molar-refractivity contribution in [1.29, 1.82) is 0 Å². The van der Waals surface area contributed by atoms with Crippen molar-refractivity contribution in [2.75, 3.05) is 19.6 Å². The molecule has 0 bridgehead atoms. The van der Waals surface area contributed by atoms with Crippen LogP contribution in [-0.2, 0) is 0 Å². The van der Waals surface area contributed by atoms with Crippen LogP contribution in [0.2, 0.25) is 0 Å². The molecule has 0 unspecified atom stereocenters. The standard InChI is InChI=1S/C14H20F3N3/c1-11(13-4-2-3-7-18-13)19-12-5-8-20(9-6-12)10-14(15,16)17/h2-4,7,11-12,19H,5-6,8-10H2,1H3/t11-/m0/s1. The Morgan fingerprint density at radius 3 is 2.60 bits per heavy atom. The summed E-state index contributed by atoms with van der Waals surface area (Å²) in [5.74, 6) is 0. The van der Waals surface area contributed by atoms with Crippen LogP contribution in [0.25, 0.3) is 0 Å². The van der Waals surface area contributed by atoms with Gasteiger partial charge in [-0.05, 0) is 45.0 Å². The summed E-state index contributed by atoms with van der Waals surface area (Å²) in [5.41, 5.74) is 0.963. The van der Waals surface area contributed by atoms with E-state index >= 15 is 0 Å². The van der Waals surface area contributed by atoms with E-state index in [-0.39, 0.29) is 12.1 Å². The van der Waals surface area contributed by atoms with Crippen LogP contribution in [0.5, 0.6) is 0 Å². The third-order valence-electron chi connectivity index (χ3n) is 3.61. The Labute approximate surface area is 117 Å². The maximum atomic E-state index is 12.3. The zero-order valence-electron chi connectivity index (χ0n) is 11.5. The number of alkyl halides is 3. The number of hydrogen-bond acceptors (Lipinski definition) is 3. The first-order valence-electron chi connectivity index (χ1n) is 6.90. The lowest BCUT2D eigenvalue weighted by atomic mass is 10.0. The summed E-state index contributed by atoms with van der Waals surface area (Å²) in [5, 5.41) is 3.45. The predicted molar refractivity (Wildman–Crippen MR) is 71.3 cm³/mol. The van der Waals surface area contributed by atoms with E-state index in [1.54, 1.807) is 6.20 Å². The van der Waals surface area contributed by atoms with Crippen LogP contribution in [0.3, 0.4) is 0 Å². The van der Waals surface area contributed by atoms with Crippen molar-refractivity contribution in [3.63, 3.8) is 0 Å². The van der Waals surface area contributed by atoms with Gasteiger partial charge in [-0.15, -0.1) is 0 Å². The fourth-order valence-corrected chi connectivity index (χ4v) is 2.58. The Kier molecular flexibility index (Phi) is 4.99. The molecule has 1 aliphatic heterocycles. The van der Waals surface area contributed by atoms with Gasteiger partial charge in [-0.25, -0.2) is 0 Å². The molecule has 0 aliphatic carbocycles. The fourth-order valence-electron chi connectivity index (χ4n) is 2.58. The molecule has 1 N–H and O–H groups in total. The number of aromatic nitrogens is 1. The summed E-state index contributed by atoms with van der Waals surface area (Å²) >= 11 is 0. The van der Waals surface area contributed by atoms with Crippen molar-refractivity contribution < 1.29 is 13.2 Å². The van der Waals surface area contributed by atoms with Crippen LogP contribution in [0.1, 0.15) is 31.5 Å². The third-order valence-corrected chi connectivity index (χ3v) is 3.61. The van der Waals surface area contributed by atoms with Crippen molar-refractivity contribution in [1.82, 2.24) is 15.2 Å². The van der Waals surface area contributed by atoms with Gasteiger partial charge in [0.1, 0.15) is 0 Å². The number of hydrogen-bond donors (Lipinski definition) is 1. The molecule has 0 amide bonds. The van der Waals surface area contributed by atoms with Crippen molar-refractivity contribution in [2.24, 2.45) is 0 Å². The Morgan fingerprint density at radius 1 is 1.35 bits per heavy atom. The molecular formula is C14H20F3N3. The molecule has 1 aromatic heterocycles. The number of likely N-dealkylation sites (tertiary alicyclic amines) is 1. The van der Waals surface area contributed by atoms with E-state index in [0.717, 1.165) is 18.5 Å². The summed E-state index contributed by atoms with van der Waals surface area (Å²) in [6.45, 7) is 2.22.